The van der Waals surface area contributed by atoms with Crippen LogP contribution in [0.1, 0.15) is 25.8 Å². The van der Waals surface area contributed by atoms with Crippen molar-refractivity contribution in [3.63, 3.8) is 0 Å². The van der Waals surface area contributed by atoms with E-state index in [0.717, 1.165) is 0 Å². The smallest absolute Gasteiger partial charge is 0.246 e. The van der Waals surface area contributed by atoms with Gasteiger partial charge >= 0.3 is 0 Å². The lowest BCUT2D eigenvalue weighted by Gasteiger charge is -2.16. The van der Waals surface area contributed by atoms with Crippen molar-refractivity contribution in [3.8, 4) is 0 Å². The summed E-state index contributed by atoms with van der Waals surface area (Å²) >= 11 is 12.1. The lowest BCUT2D eigenvalue weighted by atomic mass is 10.2. The number of halogens is 2. The Kier molecular flexibility index (Phi) is 6.31. The zero-order chi connectivity index (χ0) is 17.9. The van der Waals surface area contributed by atoms with Crippen LogP contribution in [0, 0.1) is 0 Å². The van der Waals surface area contributed by atoms with E-state index < -0.39 is 15.3 Å². The second-order valence-corrected chi connectivity index (χ2v) is 8.79. The fourth-order valence-corrected chi connectivity index (χ4v) is 4.70. The van der Waals surface area contributed by atoms with Crippen LogP contribution in [0.4, 0.5) is 0 Å². The van der Waals surface area contributed by atoms with Gasteiger partial charge in [0.25, 0.3) is 0 Å². The van der Waals surface area contributed by atoms with Gasteiger partial charge in [0.2, 0.25) is 15.9 Å². The third-order valence-corrected chi connectivity index (χ3v) is 6.41. The van der Waals surface area contributed by atoms with Gasteiger partial charge < -0.3 is 4.90 Å². The van der Waals surface area contributed by atoms with Gasteiger partial charge in [0, 0.05) is 40.8 Å². The van der Waals surface area contributed by atoms with Gasteiger partial charge in [0.15, 0.2) is 0 Å². The summed E-state index contributed by atoms with van der Waals surface area (Å²) in [5.74, 6) is -0.256. The van der Waals surface area contributed by atoms with Crippen LogP contribution in [-0.4, -0.2) is 43.6 Å². The standard InChI is InChI=1S/C16H20Cl2N2O3S/c1-11(2)19-24(22,23)12-8-9-20(10-12)16(21)7-6-13-14(17)4-3-5-15(13)18/h3-7,11-12,19H,8-10H2,1-2H3/b7-6+. The summed E-state index contributed by atoms with van der Waals surface area (Å²) in [6.45, 7) is 4.13. The average Bonchev–Trinajstić information content (AvgIpc) is 2.96. The molecule has 0 bridgehead atoms. The molecule has 0 aromatic heterocycles. The molecule has 2 rings (SSSR count). The second kappa shape index (κ2) is 7.87. The molecule has 1 aromatic rings. The van der Waals surface area contributed by atoms with Crippen LogP contribution in [0.5, 0.6) is 0 Å². The Morgan fingerprint density at radius 2 is 1.96 bits per heavy atom. The quantitative estimate of drug-likeness (QED) is 0.785. The minimum atomic E-state index is -3.42. The van der Waals surface area contributed by atoms with Crippen LogP contribution in [0.2, 0.25) is 10.0 Å². The molecule has 1 aromatic carbocycles. The Balaban J connectivity index is 2.04. The average molecular weight is 391 g/mol. The molecule has 0 spiro atoms. The van der Waals surface area contributed by atoms with Gasteiger partial charge in [-0.15, -0.1) is 0 Å². The Labute approximate surface area is 152 Å². The summed E-state index contributed by atoms with van der Waals surface area (Å²) in [5.41, 5.74) is 0.569. The molecule has 1 atom stereocenters. The molecule has 1 amide bonds. The van der Waals surface area contributed by atoms with E-state index in [0.29, 0.717) is 28.6 Å². The molecule has 1 heterocycles. The maximum atomic E-state index is 12.3. The molecule has 132 valence electrons. The first kappa shape index (κ1) is 19.2. The van der Waals surface area contributed by atoms with E-state index in [1.54, 1.807) is 38.1 Å². The molecule has 1 unspecified atom stereocenters. The molecule has 0 saturated carbocycles. The number of carbonyl (C=O) groups excluding carboxylic acids is 1. The number of hydrogen-bond donors (Lipinski definition) is 1. The SMILES string of the molecule is CC(C)NS(=O)(=O)C1CCN(C(=O)/C=C/c2c(Cl)cccc2Cl)C1. The second-order valence-electron chi connectivity index (χ2n) is 5.98. The van der Waals surface area contributed by atoms with Crippen molar-refractivity contribution < 1.29 is 13.2 Å². The van der Waals surface area contributed by atoms with E-state index in [9.17, 15) is 13.2 Å². The monoisotopic (exact) mass is 390 g/mol. The number of carbonyl (C=O) groups is 1. The molecule has 0 aliphatic carbocycles. The van der Waals surface area contributed by atoms with Gasteiger partial charge in [0.1, 0.15) is 0 Å². The minimum Gasteiger partial charge on any atom is -0.338 e. The largest absolute Gasteiger partial charge is 0.338 e. The highest BCUT2D eigenvalue weighted by atomic mass is 35.5. The van der Waals surface area contributed by atoms with Crippen molar-refractivity contribution in [1.29, 1.82) is 0 Å². The van der Waals surface area contributed by atoms with Crippen LogP contribution in [0.3, 0.4) is 0 Å². The molecular formula is C16H20Cl2N2O3S. The number of benzene rings is 1. The molecular weight excluding hydrogens is 371 g/mol. The number of sulfonamides is 1. The highest BCUT2D eigenvalue weighted by Crippen LogP contribution is 2.25. The first-order valence-electron chi connectivity index (χ1n) is 7.63. The number of nitrogens with zero attached hydrogens (tertiary/aromatic N) is 1. The van der Waals surface area contributed by atoms with Crippen molar-refractivity contribution in [2.24, 2.45) is 0 Å². The van der Waals surface area contributed by atoms with Gasteiger partial charge in [-0.1, -0.05) is 29.3 Å². The van der Waals surface area contributed by atoms with Crippen molar-refractivity contribution in [3.05, 3.63) is 39.9 Å². The number of hydrogen-bond acceptors (Lipinski definition) is 3. The van der Waals surface area contributed by atoms with E-state index in [-0.39, 0.29) is 18.5 Å². The fourth-order valence-electron chi connectivity index (χ4n) is 2.54. The van der Waals surface area contributed by atoms with E-state index >= 15 is 0 Å². The molecule has 1 fully saturated rings. The summed E-state index contributed by atoms with van der Waals surface area (Å²) in [4.78, 5) is 13.8. The molecule has 1 N–H and O–H groups in total. The third kappa shape index (κ3) is 4.72. The topological polar surface area (TPSA) is 66.5 Å². The van der Waals surface area contributed by atoms with Crippen LogP contribution in [0.15, 0.2) is 24.3 Å². The van der Waals surface area contributed by atoms with Gasteiger partial charge in [-0.25, -0.2) is 13.1 Å². The van der Waals surface area contributed by atoms with Crippen LogP contribution in [-0.2, 0) is 14.8 Å². The van der Waals surface area contributed by atoms with Gasteiger partial charge in [0.05, 0.1) is 5.25 Å². The third-order valence-electron chi connectivity index (χ3n) is 3.69. The molecule has 1 aliphatic rings. The van der Waals surface area contributed by atoms with Crippen molar-refractivity contribution in [1.82, 2.24) is 9.62 Å². The highest BCUT2D eigenvalue weighted by molar-refractivity contribution is 7.90. The zero-order valence-electron chi connectivity index (χ0n) is 13.5. The van der Waals surface area contributed by atoms with Crippen LogP contribution < -0.4 is 4.72 Å². The molecule has 1 saturated heterocycles. The summed E-state index contributed by atoms with van der Waals surface area (Å²) in [6.07, 6.45) is 3.35. The van der Waals surface area contributed by atoms with Crippen LogP contribution in [0.25, 0.3) is 6.08 Å². The van der Waals surface area contributed by atoms with E-state index in [1.807, 2.05) is 0 Å². The van der Waals surface area contributed by atoms with E-state index in [2.05, 4.69) is 4.72 Å². The Bertz CT molecular complexity index is 727. The molecule has 24 heavy (non-hydrogen) atoms. The highest BCUT2D eigenvalue weighted by Gasteiger charge is 2.34. The van der Waals surface area contributed by atoms with Crippen molar-refractivity contribution in [2.75, 3.05) is 13.1 Å². The van der Waals surface area contributed by atoms with Crippen molar-refractivity contribution >= 4 is 45.2 Å². The number of amides is 1. The molecule has 1 aliphatic heterocycles. The van der Waals surface area contributed by atoms with Gasteiger partial charge in [-0.05, 0) is 38.5 Å². The molecule has 8 heteroatoms. The normalized spacial score (nSPS) is 18.7. The zero-order valence-corrected chi connectivity index (χ0v) is 15.8. The minimum absolute atomic E-state index is 0.165. The predicted octanol–water partition coefficient (Wildman–Crippen LogP) is 2.94. The predicted molar refractivity (Wildman–Crippen MR) is 97.7 cm³/mol. The van der Waals surface area contributed by atoms with Gasteiger partial charge in [-0.2, -0.15) is 0 Å². The lowest BCUT2D eigenvalue weighted by molar-refractivity contribution is -0.124. The summed E-state index contributed by atoms with van der Waals surface area (Å²) in [7, 11) is -3.42. The first-order valence-corrected chi connectivity index (χ1v) is 9.93. The maximum absolute atomic E-state index is 12.3. The number of nitrogens with one attached hydrogen (secondary N) is 1. The summed E-state index contributed by atoms with van der Waals surface area (Å²) in [6, 6.07) is 4.94. The first-order chi connectivity index (χ1) is 11.2. The summed E-state index contributed by atoms with van der Waals surface area (Å²) in [5, 5.41) is 0.324. The number of likely N-dealkylation sites (tertiary alicyclic amines) is 1. The molecule has 5 nitrogen and oxygen atoms in total. The Morgan fingerprint density at radius 1 is 1.33 bits per heavy atom. The lowest BCUT2D eigenvalue weighted by Crippen LogP contribution is -2.40. The maximum Gasteiger partial charge on any atom is 0.246 e. The van der Waals surface area contributed by atoms with Gasteiger partial charge in [-0.3, -0.25) is 4.79 Å². The number of rotatable bonds is 5. The molecule has 0 radical (unpaired) electrons. The summed E-state index contributed by atoms with van der Waals surface area (Å²) < 4.78 is 26.9. The Morgan fingerprint density at radius 3 is 2.54 bits per heavy atom. The van der Waals surface area contributed by atoms with E-state index in [4.69, 9.17) is 23.2 Å². The van der Waals surface area contributed by atoms with Crippen LogP contribution >= 0.6 is 23.2 Å². The fraction of sp³-hybridized carbons (Fsp3) is 0.438. The van der Waals surface area contributed by atoms with E-state index in [1.165, 1.54) is 11.0 Å². The Hall–Kier alpha value is -1.08. The van der Waals surface area contributed by atoms with Crippen molar-refractivity contribution in [2.45, 2.75) is 31.6 Å².